The van der Waals surface area contributed by atoms with E-state index in [0.29, 0.717) is 6.61 Å². The zero-order valence-corrected chi connectivity index (χ0v) is 28.2. The summed E-state index contributed by atoms with van der Waals surface area (Å²) in [4.78, 5) is 0. The number of benzene rings is 3. The van der Waals surface area contributed by atoms with E-state index in [2.05, 4.69) is 69.3 Å². The molecule has 3 aliphatic rings. The van der Waals surface area contributed by atoms with Gasteiger partial charge in [0.05, 0.1) is 13.7 Å². The molecule has 1 aliphatic carbocycles. The second kappa shape index (κ2) is 12.6. The van der Waals surface area contributed by atoms with Crippen molar-refractivity contribution in [2.75, 3.05) is 13.7 Å². The van der Waals surface area contributed by atoms with Crippen molar-refractivity contribution in [1.82, 2.24) is 0 Å². The van der Waals surface area contributed by atoms with Gasteiger partial charge < -0.3 is 28.5 Å². The predicted molar refractivity (Wildman–Crippen MR) is 178 cm³/mol. The summed E-state index contributed by atoms with van der Waals surface area (Å²) in [5.74, 6) is 0.0653. The summed E-state index contributed by atoms with van der Waals surface area (Å²) < 4.78 is 33.1. The van der Waals surface area contributed by atoms with Crippen molar-refractivity contribution in [3.8, 4) is 5.75 Å². The van der Waals surface area contributed by atoms with Crippen LogP contribution in [0, 0.1) is 0 Å². The van der Waals surface area contributed by atoms with Crippen molar-refractivity contribution in [2.45, 2.75) is 99.5 Å². The second-order valence-corrected chi connectivity index (χ2v) is 18.3. The van der Waals surface area contributed by atoms with E-state index in [1.807, 2.05) is 36.4 Å². The van der Waals surface area contributed by atoms with Gasteiger partial charge in [0, 0.05) is 19.3 Å². The van der Waals surface area contributed by atoms with Crippen LogP contribution in [0.15, 0.2) is 84.9 Å². The van der Waals surface area contributed by atoms with Crippen LogP contribution < -0.4 is 15.1 Å². The van der Waals surface area contributed by atoms with Gasteiger partial charge in [0.15, 0.2) is 5.79 Å². The lowest BCUT2D eigenvalue weighted by Gasteiger charge is -2.58. The summed E-state index contributed by atoms with van der Waals surface area (Å²) in [6.07, 6.45) is 3.45. The SMILES string of the molecule is COc1ccc(C[C@@]2(O)[C@@H](S)O[C@@H]3COC4(CCCCC4)O[C@H]3[C@@H]2O[Si](c2ccccc2)(c2ccccc2)C(C)(C)C)cc1. The summed E-state index contributed by atoms with van der Waals surface area (Å²) in [7, 11) is -1.46. The van der Waals surface area contributed by atoms with E-state index in [1.165, 1.54) is 6.42 Å². The Kier molecular flexibility index (Phi) is 9.07. The molecule has 6 nitrogen and oxygen atoms in total. The number of hydrogen-bond donors (Lipinski definition) is 2. The zero-order valence-electron chi connectivity index (χ0n) is 26.3. The number of rotatable bonds is 7. The quantitative estimate of drug-likeness (QED) is 0.259. The summed E-state index contributed by atoms with van der Waals surface area (Å²) in [5, 5.41) is 15.0. The fourth-order valence-electron chi connectivity index (χ4n) is 7.43. The van der Waals surface area contributed by atoms with Gasteiger partial charge in [0.25, 0.3) is 8.32 Å². The summed E-state index contributed by atoms with van der Waals surface area (Å²) in [6.45, 7) is 7.14. The van der Waals surface area contributed by atoms with Gasteiger partial charge >= 0.3 is 0 Å². The average molecular weight is 635 g/mol. The number of thiol groups is 1. The highest BCUT2D eigenvalue weighted by Crippen LogP contribution is 2.48. The van der Waals surface area contributed by atoms with Crippen LogP contribution >= 0.6 is 12.6 Å². The first-order valence-electron chi connectivity index (χ1n) is 15.9. The van der Waals surface area contributed by atoms with Gasteiger partial charge in [0.2, 0.25) is 0 Å². The van der Waals surface area contributed by atoms with E-state index < -0.39 is 43.5 Å². The summed E-state index contributed by atoms with van der Waals surface area (Å²) in [6, 6.07) is 28.9. The molecule has 2 aliphatic heterocycles. The molecular formula is C36H46O6SSi. The molecule has 1 saturated carbocycles. The largest absolute Gasteiger partial charge is 0.497 e. The monoisotopic (exact) mass is 634 g/mol. The second-order valence-electron chi connectivity index (χ2n) is 13.6. The minimum atomic E-state index is -3.11. The van der Waals surface area contributed by atoms with Crippen LogP contribution in [0.25, 0.3) is 0 Å². The lowest BCUT2D eigenvalue weighted by Crippen LogP contribution is -2.76. The molecule has 2 heterocycles. The van der Waals surface area contributed by atoms with E-state index in [9.17, 15) is 5.11 Å². The highest BCUT2D eigenvalue weighted by atomic mass is 32.1. The maximum atomic E-state index is 13.0. The van der Waals surface area contributed by atoms with E-state index >= 15 is 0 Å². The number of aliphatic hydroxyl groups is 1. The molecule has 1 N–H and O–H groups in total. The topological polar surface area (TPSA) is 66.4 Å². The minimum absolute atomic E-state index is 0.272. The van der Waals surface area contributed by atoms with Crippen LogP contribution in [0.5, 0.6) is 5.75 Å². The van der Waals surface area contributed by atoms with Gasteiger partial charge in [-0.15, -0.1) is 12.6 Å². The fourth-order valence-corrected chi connectivity index (χ4v) is 12.6. The zero-order chi connectivity index (χ0) is 31.0. The highest BCUT2D eigenvalue weighted by Gasteiger charge is 2.63. The Morgan fingerprint density at radius 2 is 1.48 bits per heavy atom. The molecule has 2 saturated heterocycles. The van der Waals surface area contributed by atoms with Crippen LogP contribution in [-0.4, -0.2) is 62.3 Å². The fraction of sp³-hybridized carbons (Fsp3) is 0.500. The molecule has 5 atom stereocenters. The Hall–Kier alpha value is -2.17. The molecule has 3 aromatic rings. The molecule has 0 unspecified atom stereocenters. The molecule has 1 spiro atoms. The van der Waals surface area contributed by atoms with Gasteiger partial charge in [-0.25, -0.2) is 0 Å². The molecule has 6 rings (SSSR count). The van der Waals surface area contributed by atoms with Crippen molar-refractivity contribution >= 4 is 31.3 Å². The van der Waals surface area contributed by atoms with Crippen LogP contribution in [-0.2, 0) is 25.1 Å². The average Bonchev–Trinajstić information content (AvgIpc) is 3.03. The van der Waals surface area contributed by atoms with Gasteiger partial charge in [-0.05, 0) is 45.9 Å². The molecule has 44 heavy (non-hydrogen) atoms. The summed E-state index contributed by atoms with van der Waals surface area (Å²) in [5.41, 5.74) is -1.41. The third-order valence-electron chi connectivity index (χ3n) is 9.73. The Labute approximate surface area is 268 Å². The van der Waals surface area contributed by atoms with E-state index in [-0.39, 0.29) is 11.5 Å². The first-order valence-corrected chi connectivity index (χ1v) is 18.3. The molecule has 8 heteroatoms. The molecule has 0 bridgehead atoms. The van der Waals surface area contributed by atoms with Crippen LogP contribution in [0.3, 0.4) is 0 Å². The Bertz CT molecular complexity index is 1340. The van der Waals surface area contributed by atoms with Gasteiger partial charge in [-0.2, -0.15) is 0 Å². The Morgan fingerprint density at radius 3 is 2.02 bits per heavy atom. The molecule has 0 aromatic heterocycles. The standard InChI is InChI=1S/C36H46O6SSi/c1-34(2,3)44(28-14-8-5-9-15-28,29-16-10-6-11-17-29)42-32-31-30(25-39-35(41-31)22-12-7-13-23-35)40-33(43)36(32,37)24-26-18-20-27(38-4)21-19-26/h5-6,8-11,14-21,30-33,37,43H,7,12-13,22-25H2,1-4H3/t30-,31-,32+,33-,36+/m1/s1. The third kappa shape index (κ3) is 5.79. The van der Waals surface area contributed by atoms with Crippen molar-refractivity contribution in [1.29, 1.82) is 0 Å². The number of ether oxygens (including phenoxy) is 4. The molecule has 236 valence electrons. The summed E-state index contributed by atoms with van der Waals surface area (Å²) >= 11 is 4.93. The Balaban J connectivity index is 1.51. The minimum Gasteiger partial charge on any atom is -0.497 e. The van der Waals surface area contributed by atoms with Crippen molar-refractivity contribution in [3.05, 3.63) is 90.5 Å². The van der Waals surface area contributed by atoms with Crippen molar-refractivity contribution < 1.29 is 28.5 Å². The van der Waals surface area contributed by atoms with Crippen LogP contribution in [0.4, 0.5) is 0 Å². The molecular weight excluding hydrogens is 589 g/mol. The normalized spacial score (nSPS) is 28.8. The number of hydrogen-bond acceptors (Lipinski definition) is 7. The van der Waals surface area contributed by atoms with Gasteiger partial charge in [0.1, 0.15) is 35.1 Å². The first kappa shape index (κ1) is 31.8. The molecule has 0 radical (unpaired) electrons. The lowest BCUT2D eigenvalue weighted by atomic mass is 9.81. The highest BCUT2D eigenvalue weighted by molar-refractivity contribution is 7.80. The molecule has 0 amide bonds. The lowest BCUT2D eigenvalue weighted by molar-refractivity contribution is -0.378. The van der Waals surface area contributed by atoms with E-state index in [0.717, 1.165) is 47.4 Å². The first-order chi connectivity index (χ1) is 21.1. The van der Waals surface area contributed by atoms with E-state index in [1.54, 1.807) is 7.11 Å². The number of fused-ring (bicyclic) bond motifs is 1. The van der Waals surface area contributed by atoms with Gasteiger partial charge in [-0.3, -0.25) is 0 Å². The van der Waals surface area contributed by atoms with Crippen LogP contribution in [0.1, 0.15) is 58.4 Å². The maximum absolute atomic E-state index is 13.0. The Morgan fingerprint density at radius 1 is 0.886 bits per heavy atom. The predicted octanol–water partition coefficient (Wildman–Crippen LogP) is 5.64. The van der Waals surface area contributed by atoms with Crippen LogP contribution in [0.2, 0.25) is 5.04 Å². The molecule has 3 aromatic carbocycles. The maximum Gasteiger partial charge on any atom is 0.261 e. The number of methoxy groups -OCH3 is 1. The van der Waals surface area contributed by atoms with E-state index in [4.69, 9.17) is 36.0 Å². The third-order valence-corrected chi connectivity index (χ3v) is 15.3. The smallest absolute Gasteiger partial charge is 0.261 e. The van der Waals surface area contributed by atoms with Gasteiger partial charge in [-0.1, -0.05) is 100.0 Å². The molecule has 3 fully saturated rings. The van der Waals surface area contributed by atoms with Crippen molar-refractivity contribution in [2.24, 2.45) is 0 Å². The van der Waals surface area contributed by atoms with Crippen molar-refractivity contribution in [3.63, 3.8) is 0 Å².